The van der Waals surface area contributed by atoms with E-state index < -0.39 is 10.0 Å². The van der Waals surface area contributed by atoms with Gasteiger partial charge in [0.15, 0.2) is 0 Å². The number of phenols is 1. The van der Waals surface area contributed by atoms with Gasteiger partial charge in [-0.15, -0.1) is 0 Å². The van der Waals surface area contributed by atoms with Crippen LogP contribution in [0.25, 0.3) is 0 Å². The van der Waals surface area contributed by atoms with Gasteiger partial charge >= 0.3 is 0 Å². The van der Waals surface area contributed by atoms with Crippen LogP contribution >= 0.6 is 11.6 Å². The lowest BCUT2D eigenvalue weighted by molar-refractivity contribution is 0.473. The molecule has 2 rings (SSSR count). The molecule has 0 aliphatic heterocycles. The van der Waals surface area contributed by atoms with Crippen molar-refractivity contribution in [2.24, 2.45) is 0 Å². The third kappa shape index (κ3) is 3.10. The van der Waals surface area contributed by atoms with Crippen LogP contribution in [0.1, 0.15) is 11.1 Å². The number of aryl methyl sites for hydroxylation is 1. The predicted molar refractivity (Wildman–Crippen MR) is 79.8 cm³/mol. The van der Waals surface area contributed by atoms with Gasteiger partial charge in [0.2, 0.25) is 0 Å². The molecular formula is C14H11ClN2O3S. The van der Waals surface area contributed by atoms with Crippen molar-refractivity contribution in [1.82, 2.24) is 0 Å². The summed E-state index contributed by atoms with van der Waals surface area (Å²) in [5, 5.41) is 18.7. The molecular weight excluding hydrogens is 312 g/mol. The van der Waals surface area contributed by atoms with Crippen LogP contribution in [0.3, 0.4) is 0 Å². The van der Waals surface area contributed by atoms with Crippen molar-refractivity contribution >= 4 is 27.3 Å². The smallest absolute Gasteiger partial charge is 0.263 e. The molecule has 0 fully saturated rings. The van der Waals surface area contributed by atoms with E-state index in [1.54, 1.807) is 19.1 Å². The second-order valence-electron chi connectivity index (χ2n) is 4.33. The Morgan fingerprint density at radius 3 is 2.67 bits per heavy atom. The molecule has 2 aromatic carbocycles. The quantitative estimate of drug-likeness (QED) is 0.850. The van der Waals surface area contributed by atoms with Gasteiger partial charge in [0, 0.05) is 0 Å². The Morgan fingerprint density at radius 1 is 1.29 bits per heavy atom. The minimum absolute atomic E-state index is 0.00589. The molecule has 21 heavy (non-hydrogen) atoms. The van der Waals surface area contributed by atoms with Crippen LogP contribution in [0, 0.1) is 18.3 Å². The van der Waals surface area contributed by atoms with E-state index in [0.29, 0.717) is 5.56 Å². The number of nitrogens with zero attached hydrogens (tertiary/aromatic N) is 1. The monoisotopic (exact) mass is 322 g/mol. The van der Waals surface area contributed by atoms with Crippen LogP contribution in [-0.2, 0) is 10.0 Å². The Balaban J connectivity index is 2.49. The molecule has 108 valence electrons. The minimum atomic E-state index is -4.01. The lowest BCUT2D eigenvalue weighted by Crippen LogP contribution is -2.14. The number of nitrogens with one attached hydrogen (secondary N) is 1. The average molecular weight is 323 g/mol. The molecule has 0 saturated carbocycles. The maximum Gasteiger partial charge on any atom is 0.263 e. The first-order valence-corrected chi connectivity index (χ1v) is 7.72. The molecule has 0 spiro atoms. The van der Waals surface area contributed by atoms with Crippen molar-refractivity contribution in [1.29, 1.82) is 5.26 Å². The predicted octanol–water partition coefficient (Wildman–Crippen LogP) is 3.03. The van der Waals surface area contributed by atoms with Crippen LogP contribution in [0.4, 0.5) is 5.69 Å². The second-order valence-corrected chi connectivity index (χ2v) is 6.39. The molecule has 0 atom stereocenters. The van der Waals surface area contributed by atoms with E-state index in [4.69, 9.17) is 16.9 Å². The van der Waals surface area contributed by atoms with Gasteiger partial charge in [-0.1, -0.05) is 23.7 Å². The molecule has 0 amide bonds. The number of halogens is 1. The third-order valence-corrected chi connectivity index (χ3v) is 4.68. The van der Waals surface area contributed by atoms with Gasteiger partial charge in [0.05, 0.1) is 22.3 Å². The summed E-state index contributed by atoms with van der Waals surface area (Å²) in [6.45, 7) is 1.65. The van der Waals surface area contributed by atoms with E-state index in [9.17, 15) is 13.5 Å². The van der Waals surface area contributed by atoms with Crippen LogP contribution in [0.2, 0.25) is 5.02 Å². The summed E-state index contributed by atoms with van der Waals surface area (Å²) in [4.78, 5) is -0.218. The Bertz CT molecular complexity index is 842. The number of anilines is 1. The van der Waals surface area contributed by atoms with Crippen molar-refractivity contribution in [2.45, 2.75) is 11.8 Å². The number of phenolic OH excluding ortho intramolecular Hbond substituents is 1. The summed E-state index contributed by atoms with van der Waals surface area (Å²) in [6, 6.07) is 10.5. The molecule has 0 heterocycles. The second kappa shape index (κ2) is 5.64. The van der Waals surface area contributed by atoms with E-state index in [1.807, 2.05) is 6.07 Å². The zero-order chi connectivity index (χ0) is 15.6. The highest BCUT2D eigenvalue weighted by molar-refractivity contribution is 7.92. The van der Waals surface area contributed by atoms with Crippen molar-refractivity contribution in [3.8, 4) is 11.8 Å². The SMILES string of the molecule is Cc1cccc(NS(=O)(=O)c2cc(C#N)ccc2Cl)c1O. The van der Waals surface area contributed by atoms with Gasteiger partial charge in [0.25, 0.3) is 10.0 Å². The van der Waals surface area contributed by atoms with E-state index in [-0.39, 0.29) is 26.9 Å². The normalized spacial score (nSPS) is 10.9. The van der Waals surface area contributed by atoms with Gasteiger partial charge in [-0.3, -0.25) is 4.72 Å². The molecule has 5 nitrogen and oxygen atoms in total. The highest BCUT2D eigenvalue weighted by atomic mass is 35.5. The van der Waals surface area contributed by atoms with Crippen molar-refractivity contribution in [3.63, 3.8) is 0 Å². The fraction of sp³-hybridized carbons (Fsp3) is 0.0714. The molecule has 7 heteroatoms. The number of hydrogen-bond acceptors (Lipinski definition) is 4. The lowest BCUT2D eigenvalue weighted by Gasteiger charge is -2.12. The van der Waals surface area contributed by atoms with E-state index >= 15 is 0 Å². The molecule has 0 saturated heterocycles. The zero-order valence-electron chi connectivity index (χ0n) is 11.0. The maximum atomic E-state index is 12.3. The summed E-state index contributed by atoms with van der Waals surface area (Å²) in [7, 11) is -4.01. The van der Waals surface area contributed by atoms with Crippen LogP contribution in [-0.4, -0.2) is 13.5 Å². The Labute approximate surface area is 127 Å². The number of nitriles is 1. The molecule has 0 aromatic heterocycles. The topological polar surface area (TPSA) is 90.2 Å². The number of rotatable bonds is 3. The molecule has 0 aliphatic carbocycles. The van der Waals surface area contributed by atoms with Gasteiger partial charge in [-0.2, -0.15) is 5.26 Å². The van der Waals surface area contributed by atoms with Gasteiger partial charge < -0.3 is 5.11 Å². The minimum Gasteiger partial charge on any atom is -0.505 e. The Hall–Kier alpha value is -2.23. The summed E-state index contributed by atoms with van der Waals surface area (Å²) in [5.74, 6) is -0.159. The number of para-hydroxylation sites is 1. The number of sulfonamides is 1. The first kappa shape index (κ1) is 15.2. The molecule has 2 N–H and O–H groups in total. The summed E-state index contributed by atoms with van der Waals surface area (Å²) >= 11 is 5.88. The molecule has 0 bridgehead atoms. The first-order chi connectivity index (χ1) is 9.85. The number of aromatic hydroxyl groups is 1. The van der Waals surface area contributed by atoms with E-state index in [0.717, 1.165) is 0 Å². The highest BCUT2D eigenvalue weighted by Gasteiger charge is 2.20. The molecule has 2 aromatic rings. The molecule has 0 aliphatic rings. The average Bonchev–Trinajstić information content (AvgIpc) is 2.44. The van der Waals surface area contributed by atoms with Crippen LogP contribution < -0.4 is 4.72 Å². The Kier molecular flexibility index (Phi) is 4.07. The number of hydrogen-bond donors (Lipinski definition) is 2. The van der Waals surface area contributed by atoms with Gasteiger partial charge in [-0.05, 0) is 36.8 Å². The fourth-order valence-corrected chi connectivity index (χ4v) is 3.31. The summed E-state index contributed by atoms with van der Waals surface area (Å²) in [5.41, 5.74) is 0.758. The first-order valence-electron chi connectivity index (χ1n) is 5.86. The van der Waals surface area contributed by atoms with Crippen molar-refractivity contribution in [2.75, 3.05) is 4.72 Å². The van der Waals surface area contributed by atoms with Crippen LogP contribution in [0.5, 0.6) is 5.75 Å². The zero-order valence-corrected chi connectivity index (χ0v) is 12.5. The van der Waals surface area contributed by atoms with E-state index in [2.05, 4.69) is 4.72 Å². The Morgan fingerprint density at radius 2 is 2.00 bits per heavy atom. The third-order valence-electron chi connectivity index (χ3n) is 2.83. The largest absolute Gasteiger partial charge is 0.505 e. The number of benzene rings is 2. The fourth-order valence-electron chi connectivity index (χ4n) is 1.72. The van der Waals surface area contributed by atoms with Gasteiger partial charge in [-0.25, -0.2) is 8.42 Å². The maximum absolute atomic E-state index is 12.3. The van der Waals surface area contributed by atoms with Crippen LogP contribution in [0.15, 0.2) is 41.3 Å². The van der Waals surface area contributed by atoms with E-state index in [1.165, 1.54) is 24.3 Å². The van der Waals surface area contributed by atoms with Crippen molar-refractivity contribution < 1.29 is 13.5 Å². The lowest BCUT2D eigenvalue weighted by atomic mass is 10.2. The summed E-state index contributed by atoms with van der Waals surface area (Å²) in [6.07, 6.45) is 0. The summed E-state index contributed by atoms with van der Waals surface area (Å²) < 4.78 is 26.9. The van der Waals surface area contributed by atoms with Crippen molar-refractivity contribution in [3.05, 3.63) is 52.5 Å². The highest BCUT2D eigenvalue weighted by Crippen LogP contribution is 2.30. The standard InChI is InChI=1S/C14H11ClN2O3S/c1-9-3-2-4-12(14(9)18)17-21(19,20)13-7-10(8-16)5-6-11(13)15/h2-7,17-18H,1H3. The molecule has 0 radical (unpaired) electrons. The van der Waals surface area contributed by atoms with Gasteiger partial charge in [0.1, 0.15) is 10.6 Å². The molecule has 0 unspecified atom stereocenters.